The highest BCUT2D eigenvalue weighted by atomic mass is 19.4. The molecule has 1 aliphatic rings. The van der Waals surface area contributed by atoms with Gasteiger partial charge in [-0.3, -0.25) is 9.59 Å². The first-order valence-corrected chi connectivity index (χ1v) is 4.50. The van der Waals surface area contributed by atoms with E-state index in [0.717, 1.165) is 0 Å². The smallest absolute Gasteiger partial charge is 0.471 e. The Morgan fingerprint density at radius 3 is 2.29 bits per heavy atom. The number of aliphatic carboxylic acids is 1. The molecule has 1 atom stereocenters. The molecule has 0 aromatic rings. The van der Waals surface area contributed by atoms with Crippen molar-refractivity contribution in [2.45, 2.75) is 31.0 Å². The number of hydrogen-bond donors (Lipinski definition) is 1. The minimum atomic E-state index is -5.28. The molecule has 1 fully saturated rings. The van der Waals surface area contributed by atoms with Gasteiger partial charge in [-0.2, -0.15) is 13.2 Å². The molecule has 0 unspecified atom stereocenters. The number of amides is 1. The standard InChI is InChI=1S/C8H8F5NO3/c9-7(10)2-4(1-5(15)16)14(3-7)6(17)8(11,12)13/h4H,1-3H2,(H,15,16)/t4-/m1/s1. The van der Waals surface area contributed by atoms with Crippen molar-refractivity contribution in [3.05, 3.63) is 0 Å². The van der Waals surface area contributed by atoms with Crippen molar-refractivity contribution in [2.24, 2.45) is 0 Å². The highest BCUT2D eigenvalue weighted by Gasteiger charge is 2.53. The van der Waals surface area contributed by atoms with Crippen molar-refractivity contribution >= 4 is 11.9 Å². The predicted molar refractivity (Wildman–Crippen MR) is 43.4 cm³/mol. The summed E-state index contributed by atoms with van der Waals surface area (Å²) < 4.78 is 62.0. The molecule has 1 heterocycles. The molecule has 0 aromatic carbocycles. The van der Waals surface area contributed by atoms with Crippen LogP contribution in [0, 0.1) is 0 Å². The van der Waals surface area contributed by atoms with Crippen LogP contribution in [-0.4, -0.2) is 46.6 Å². The number of nitrogens with zero attached hydrogens (tertiary/aromatic N) is 1. The van der Waals surface area contributed by atoms with Gasteiger partial charge in [-0.25, -0.2) is 8.78 Å². The first-order valence-electron chi connectivity index (χ1n) is 4.50. The van der Waals surface area contributed by atoms with E-state index < -0.39 is 49.4 Å². The first kappa shape index (κ1) is 13.7. The zero-order chi connectivity index (χ0) is 13.4. The summed E-state index contributed by atoms with van der Waals surface area (Å²) in [5.41, 5.74) is 0. The molecule has 4 nitrogen and oxygen atoms in total. The van der Waals surface area contributed by atoms with Crippen LogP contribution in [0.25, 0.3) is 0 Å². The molecule has 0 bridgehead atoms. The number of carboxylic acids is 1. The highest BCUT2D eigenvalue weighted by Crippen LogP contribution is 2.36. The Morgan fingerprint density at radius 1 is 1.35 bits per heavy atom. The maximum absolute atomic E-state index is 12.9. The summed E-state index contributed by atoms with van der Waals surface area (Å²) in [7, 11) is 0. The van der Waals surface area contributed by atoms with E-state index in [2.05, 4.69) is 0 Å². The summed E-state index contributed by atoms with van der Waals surface area (Å²) in [5.74, 6) is -7.45. The summed E-state index contributed by atoms with van der Waals surface area (Å²) in [6.45, 7) is -1.40. The molecule has 0 saturated carbocycles. The molecular formula is C8H8F5NO3. The molecule has 1 aliphatic heterocycles. The van der Waals surface area contributed by atoms with Gasteiger partial charge in [-0.05, 0) is 0 Å². The van der Waals surface area contributed by atoms with Gasteiger partial charge < -0.3 is 10.0 Å². The molecule has 1 saturated heterocycles. The van der Waals surface area contributed by atoms with Gasteiger partial charge in [-0.1, -0.05) is 0 Å². The lowest BCUT2D eigenvalue weighted by molar-refractivity contribution is -0.187. The SMILES string of the molecule is O=C(O)C[C@@H]1CC(F)(F)CN1C(=O)C(F)(F)F. The Bertz CT molecular complexity index is 341. The van der Waals surface area contributed by atoms with E-state index in [9.17, 15) is 31.5 Å². The summed E-state index contributed by atoms with van der Waals surface area (Å²) in [6, 6.07) is -1.63. The number of carboxylic acid groups (broad SMARTS) is 1. The number of carbonyl (C=O) groups excluding carboxylic acids is 1. The second kappa shape index (κ2) is 4.11. The van der Waals surface area contributed by atoms with Crippen molar-refractivity contribution in [3.63, 3.8) is 0 Å². The molecule has 0 spiro atoms. The van der Waals surface area contributed by atoms with Crippen molar-refractivity contribution in [3.8, 4) is 0 Å². The van der Waals surface area contributed by atoms with Crippen molar-refractivity contribution in [1.82, 2.24) is 4.90 Å². The lowest BCUT2D eigenvalue weighted by Gasteiger charge is -2.23. The first-order chi connectivity index (χ1) is 7.53. The van der Waals surface area contributed by atoms with Gasteiger partial charge >= 0.3 is 18.1 Å². The zero-order valence-electron chi connectivity index (χ0n) is 8.30. The molecule has 9 heteroatoms. The van der Waals surface area contributed by atoms with Gasteiger partial charge in [0.2, 0.25) is 0 Å². The summed E-state index contributed by atoms with van der Waals surface area (Å²) in [5, 5.41) is 8.38. The minimum absolute atomic E-state index is 0.117. The average molecular weight is 261 g/mol. The van der Waals surface area contributed by atoms with Crippen LogP contribution in [0.5, 0.6) is 0 Å². The number of carbonyl (C=O) groups is 2. The quantitative estimate of drug-likeness (QED) is 0.761. The van der Waals surface area contributed by atoms with E-state index in [0.29, 0.717) is 0 Å². The van der Waals surface area contributed by atoms with Gasteiger partial charge in [0.25, 0.3) is 5.92 Å². The Kier molecular flexibility index (Phi) is 3.30. The monoisotopic (exact) mass is 261 g/mol. The maximum atomic E-state index is 12.9. The van der Waals surface area contributed by atoms with Crippen LogP contribution in [0.1, 0.15) is 12.8 Å². The number of halogens is 5. The summed E-state index contributed by atoms with van der Waals surface area (Å²) in [6.07, 6.45) is -7.28. The Labute approximate surface area is 92.0 Å². The number of alkyl halides is 5. The number of rotatable bonds is 2. The molecule has 1 rings (SSSR count). The van der Waals surface area contributed by atoms with E-state index in [1.807, 2.05) is 0 Å². The van der Waals surface area contributed by atoms with Crippen LogP contribution in [-0.2, 0) is 9.59 Å². The molecule has 0 radical (unpaired) electrons. The average Bonchev–Trinajstić information content (AvgIpc) is 2.36. The van der Waals surface area contributed by atoms with Gasteiger partial charge in [0.05, 0.1) is 13.0 Å². The molecule has 1 amide bonds. The van der Waals surface area contributed by atoms with E-state index in [-0.39, 0.29) is 4.90 Å². The predicted octanol–water partition coefficient (Wildman–Crippen LogP) is 1.26. The molecule has 1 N–H and O–H groups in total. The molecule has 17 heavy (non-hydrogen) atoms. The summed E-state index contributed by atoms with van der Waals surface area (Å²) >= 11 is 0. The maximum Gasteiger partial charge on any atom is 0.471 e. The number of likely N-dealkylation sites (tertiary alicyclic amines) is 1. The van der Waals surface area contributed by atoms with Crippen LogP contribution < -0.4 is 0 Å². The lowest BCUT2D eigenvalue weighted by atomic mass is 10.1. The highest BCUT2D eigenvalue weighted by molar-refractivity contribution is 5.83. The van der Waals surface area contributed by atoms with Crippen LogP contribution >= 0.6 is 0 Å². The fourth-order valence-electron chi connectivity index (χ4n) is 1.68. The molecule has 0 aromatic heterocycles. The normalized spacial score (nSPS) is 23.8. The zero-order valence-corrected chi connectivity index (χ0v) is 8.30. The lowest BCUT2D eigenvalue weighted by Crippen LogP contribution is -2.45. The van der Waals surface area contributed by atoms with Crippen molar-refractivity contribution in [2.75, 3.05) is 6.54 Å². The molecule has 98 valence electrons. The topological polar surface area (TPSA) is 57.6 Å². The van der Waals surface area contributed by atoms with Crippen LogP contribution in [0.4, 0.5) is 22.0 Å². The van der Waals surface area contributed by atoms with Crippen LogP contribution in [0.3, 0.4) is 0 Å². The fraction of sp³-hybridized carbons (Fsp3) is 0.750. The molecule has 0 aliphatic carbocycles. The Morgan fingerprint density at radius 2 is 1.88 bits per heavy atom. The Balaban J connectivity index is 2.88. The third-order valence-electron chi connectivity index (χ3n) is 2.29. The Hall–Kier alpha value is -1.41. The van der Waals surface area contributed by atoms with Gasteiger partial charge in [0, 0.05) is 12.5 Å². The van der Waals surface area contributed by atoms with Gasteiger partial charge in [0.1, 0.15) is 0 Å². The molecular weight excluding hydrogens is 253 g/mol. The fourth-order valence-corrected chi connectivity index (χ4v) is 1.68. The summed E-state index contributed by atoms with van der Waals surface area (Å²) in [4.78, 5) is 21.0. The second-order valence-electron chi connectivity index (χ2n) is 3.74. The van der Waals surface area contributed by atoms with Crippen molar-refractivity contribution in [1.29, 1.82) is 0 Å². The van der Waals surface area contributed by atoms with Crippen LogP contribution in [0.15, 0.2) is 0 Å². The third kappa shape index (κ3) is 3.27. The van der Waals surface area contributed by atoms with E-state index >= 15 is 0 Å². The number of hydrogen-bond acceptors (Lipinski definition) is 2. The largest absolute Gasteiger partial charge is 0.481 e. The second-order valence-corrected chi connectivity index (χ2v) is 3.74. The minimum Gasteiger partial charge on any atom is -0.481 e. The van der Waals surface area contributed by atoms with E-state index in [1.165, 1.54) is 0 Å². The van der Waals surface area contributed by atoms with Gasteiger partial charge in [-0.15, -0.1) is 0 Å². The van der Waals surface area contributed by atoms with Gasteiger partial charge in [0.15, 0.2) is 0 Å². The van der Waals surface area contributed by atoms with Crippen molar-refractivity contribution < 1.29 is 36.6 Å². The third-order valence-corrected chi connectivity index (χ3v) is 2.29. The van der Waals surface area contributed by atoms with Crippen LogP contribution in [0.2, 0.25) is 0 Å². The van der Waals surface area contributed by atoms with E-state index in [1.54, 1.807) is 0 Å². The van der Waals surface area contributed by atoms with E-state index in [4.69, 9.17) is 5.11 Å².